The van der Waals surface area contributed by atoms with E-state index in [4.69, 9.17) is 9.47 Å². The Morgan fingerprint density at radius 3 is 2.80 bits per heavy atom. The molecule has 20 heavy (non-hydrogen) atoms. The van der Waals surface area contributed by atoms with Crippen molar-refractivity contribution < 1.29 is 14.3 Å². The minimum Gasteiger partial charge on any atom is -0.482 e. The van der Waals surface area contributed by atoms with Crippen LogP contribution >= 0.6 is 15.9 Å². The first-order valence-corrected chi connectivity index (χ1v) is 7.59. The van der Waals surface area contributed by atoms with E-state index in [1.165, 1.54) is 0 Å². The Kier molecular flexibility index (Phi) is 7.62. The van der Waals surface area contributed by atoms with Crippen LogP contribution < -0.4 is 10.1 Å². The maximum Gasteiger partial charge on any atom is 0.344 e. The highest BCUT2D eigenvalue weighted by Gasteiger charge is 2.08. The lowest BCUT2D eigenvalue weighted by atomic mass is 10.2. The van der Waals surface area contributed by atoms with Gasteiger partial charge in [0.05, 0.1) is 6.61 Å². The van der Waals surface area contributed by atoms with Crippen LogP contribution in [0.25, 0.3) is 0 Å². The van der Waals surface area contributed by atoms with Gasteiger partial charge in [-0.2, -0.15) is 0 Å². The summed E-state index contributed by atoms with van der Waals surface area (Å²) >= 11 is 3.45. The highest BCUT2D eigenvalue weighted by molar-refractivity contribution is 9.10. The van der Waals surface area contributed by atoms with Crippen molar-refractivity contribution in [1.29, 1.82) is 0 Å². The van der Waals surface area contributed by atoms with Crippen molar-refractivity contribution in [1.82, 2.24) is 5.32 Å². The lowest BCUT2D eigenvalue weighted by Crippen LogP contribution is -2.20. The van der Waals surface area contributed by atoms with E-state index in [1.54, 1.807) is 6.92 Å². The predicted octanol–water partition coefficient (Wildman–Crippen LogP) is 3.14. The third-order valence-electron chi connectivity index (χ3n) is 2.54. The van der Waals surface area contributed by atoms with Gasteiger partial charge in [-0.1, -0.05) is 29.8 Å². The zero-order valence-electron chi connectivity index (χ0n) is 12.2. The van der Waals surface area contributed by atoms with Crippen molar-refractivity contribution in [3.63, 3.8) is 0 Å². The molecule has 1 rings (SSSR count). The van der Waals surface area contributed by atoms with E-state index in [9.17, 15) is 4.79 Å². The van der Waals surface area contributed by atoms with Crippen LogP contribution in [0.2, 0.25) is 0 Å². The molecule has 112 valence electrons. The molecule has 0 atom stereocenters. The highest BCUT2D eigenvalue weighted by atomic mass is 79.9. The number of hydrogen-bond acceptors (Lipinski definition) is 4. The Labute approximate surface area is 129 Å². The molecule has 1 aromatic carbocycles. The van der Waals surface area contributed by atoms with Gasteiger partial charge in [0.2, 0.25) is 0 Å². The summed E-state index contributed by atoms with van der Waals surface area (Å²) in [5, 5.41) is 3.36. The Morgan fingerprint density at radius 1 is 1.40 bits per heavy atom. The number of hydrogen-bond donors (Lipinski definition) is 1. The van der Waals surface area contributed by atoms with Gasteiger partial charge in [-0.3, -0.25) is 0 Å². The largest absolute Gasteiger partial charge is 0.482 e. The number of benzene rings is 1. The first-order chi connectivity index (χ1) is 9.52. The first-order valence-electron chi connectivity index (χ1n) is 6.80. The fourth-order valence-electron chi connectivity index (χ4n) is 1.66. The topological polar surface area (TPSA) is 47.6 Å². The molecule has 0 aromatic heterocycles. The molecule has 0 unspecified atom stereocenters. The molecule has 1 N–H and O–H groups in total. The van der Waals surface area contributed by atoms with Crippen molar-refractivity contribution in [2.45, 2.75) is 27.3 Å². The maximum atomic E-state index is 11.3. The molecule has 0 saturated carbocycles. The molecular weight excluding hydrogens is 322 g/mol. The summed E-state index contributed by atoms with van der Waals surface area (Å²) in [5.41, 5.74) is 1.02. The van der Waals surface area contributed by atoms with Gasteiger partial charge in [0.1, 0.15) is 5.75 Å². The van der Waals surface area contributed by atoms with Crippen molar-refractivity contribution in [2.24, 2.45) is 5.92 Å². The minimum absolute atomic E-state index is 0.0628. The zero-order valence-corrected chi connectivity index (χ0v) is 13.8. The Bertz CT molecular complexity index is 435. The monoisotopic (exact) mass is 343 g/mol. The molecule has 0 aliphatic heterocycles. The number of halogens is 1. The number of carbonyl (C=O) groups excluding carboxylic acids is 1. The van der Waals surface area contributed by atoms with Gasteiger partial charge in [-0.25, -0.2) is 4.79 Å². The summed E-state index contributed by atoms with van der Waals surface area (Å²) in [6.07, 6.45) is 0. The van der Waals surface area contributed by atoms with E-state index < -0.39 is 0 Å². The SMILES string of the molecule is CCOC(=O)COc1ccc(Br)cc1CNCC(C)C. The lowest BCUT2D eigenvalue weighted by Gasteiger charge is -2.13. The molecular formula is C15H22BrNO3. The van der Waals surface area contributed by atoms with E-state index in [1.807, 2.05) is 18.2 Å². The van der Waals surface area contributed by atoms with Gasteiger partial charge >= 0.3 is 5.97 Å². The van der Waals surface area contributed by atoms with E-state index in [2.05, 4.69) is 35.1 Å². The molecule has 0 saturated heterocycles. The van der Waals surface area contributed by atoms with Gasteiger partial charge in [-0.05, 0) is 37.6 Å². The van der Waals surface area contributed by atoms with Crippen LogP contribution in [0.5, 0.6) is 5.75 Å². The van der Waals surface area contributed by atoms with Crippen molar-refractivity contribution in [3.8, 4) is 5.75 Å². The fraction of sp³-hybridized carbons (Fsp3) is 0.533. The standard InChI is InChI=1S/C15H22BrNO3/c1-4-19-15(18)10-20-14-6-5-13(16)7-12(14)9-17-8-11(2)3/h5-7,11,17H,4,8-10H2,1-3H3. The minimum atomic E-state index is -0.350. The maximum absolute atomic E-state index is 11.3. The molecule has 0 heterocycles. The van der Waals surface area contributed by atoms with E-state index in [0.29, 0.717) is 24.8 Å². The van der Waals surface area contributed by atoms with Gasteiger partial charge in [0.25, 0.3) is 0 Å². The number of rotatable bonds is 8. The first kappa shape index (κ1) is 17.0. The number of carbonyl (C=O) groups is 1. The average Bonchev–Trinajstić information content (AvgIpc) is 2.37. The van der Waals surface area contributed by atoms with Crippen LogP contribution in [0.3, 0.4) is 0 Å². The van der Waals surface area contributed by atoms with Gasteiger partial charge in [0, 0.05) is 16.6 Å². The predicted molar refractivity (Wildman–Crippen MR) is 82.8 cm³/mol. The quantitative estimate of drug-likeness (QED) is 0.736. The number of nitrogens with one attached hydrogen (secondary N) is 1. The van der Waals surface area contributed by atoms with Crippen LogP contribution in [0.4, 0.5) is 0 Å². The van der Waals surface area contributed by atoms with Gasteiger partial charge in [-0.15, -0.1) is 0 Å². The summed E-state index contributed by atoms with van der Waals surface area (Å²) in [7, 11) is 0. The van der Waals surface area contributed by atoms with Gasteiger partial charge in [0.15, 0.2) is 6.61 Å². The third-order valence-corrected chi connectivity index (χ3v) is 3.03. The second kappa shape index (κ2) is 8.97. The molecule has 0 fully saturated rings. The van der Waals surface area contributed by atoms with Gasteiger partial charge < -0.3 is 14.8 Å². The van der Waals surface area contributed by atoms with E-state index in [-0.39, 0.29) is 12.6 Å². The summed E-state index contributed by atoms with van der Waals surface area (Å²) in [6, 6.07) is 5.75. The molecule has 4 nitrogen and oxygen atoms in total. The molecule has 0 radical (unpaired) electrons. The molecule has 0 spiro atoms. The smallest absolute Gasteiger partial charge is 0.344 e. The summed E-state index contributed by atoms with van der Waals surface area (Å²) in [6.45, 7) is 8.04. The summed E-state index contributed by atoms with van der Waals surface area (Å²) in [4.78, 5) is 11.3. The normalized spacial score (nSPS) is 10.7. The van der Waals surface area contributed by atoms with Crippen LogP contribution in [0.15, 0.2) is 22.7 Å². The molecule has 0 aliphatic rings. The van der Waals surface area contributed by atoms with Crippen LogP contribution in [-0.2, 0) is 16.1 Å². The van der Waals surface area contributed by atoms with E-state index in [0.717, 1.165) is 16.6 Å². The molecule has 0 amide bonds. The lowest BCUT2D eigenvalue weighted by molar-refractivity contribution is -0.145. The van der Waals surface area contributed by atoms with Crippen molar-refractivity contribution in [3.05, 3.63) is 28.2 Å². The number of ether oxygens (including phenoxy) is 2. The average molecular weight is 344 g/mol. The third kappa shape index (κ3) is 6.39. The summed E-state index contributed by atoms with van der Waals surface area (Å²) < 4.78 is 11.4. The molecule has 0 bridgehead atoms. The summed E-state index contributed by atoms with van der Waals surface area (Å²) in [5.74, 6) is 0.945. The van der Waals surface area contributed by atoms with Crippen LogP contribution in [-0.4, -0.2) is 25.7 Å². The van der Waals surface area contributed by atoms with Crippen molar-refractivity contribution in [2.75, 3.05) is 19.8 Å². The Morgan fingerprint density at radius 2 is 2.15 bits per heavy atom. The van der Waals surface area contributed by atoms with Crippen LogP contribution in [0.1, 0.15) is 26.3 Å². The molecule has 0 aliphatic carbocycles. The second-order valence-electron chi connectivity index (χ2n) is 4.87. The zero-order chi connectivity index (χ0) is 15.0. The van der Waals surface area contributed by atoms with Crippen molar-refractivity contribution >= 4 is 21.9 Å². The molecule has 5 heteroatoms. The Hall–Kier alpha value is -1.07. The Balaban J connectivity index is 2.62. The highest BCUT2D eigenvalue weighted by Crippen LogP contribution is 2.23. The second-order valence-corrected chi connectivity index (χ2v) is 5.79. The number of esters is 1. The van der Waals surface area contributed by atoms with Crippen LogP contribution in [0, 0.1) is 5.92 Å². The molecule has 1 aromatic rings. The van der Waals surface area contributed by atoms with E-state index >= 15 is 0 Å². The fourth-order valence-corrected chi connectivity index (χ4v) is 2.07.